The number of nitrogen functional groups attached to an aromatic ring is 1. The molecular weight excluding hydrogens is 283 g/mol. The van der Waals surface area contributed by atoms with Gasteiger partial charge in [0, 0.05) is 17.1 Å². The number of carbonyl (C=O) groups is 1. The van der Waals surface area contributed by atoms with Gasteiger partial charge in [-0.15, -0.1) is 0 Å². The summed E-state index contributed by atoms with van der Waals surface area (Å²) in [5.41, 5.74) is 7.50. The fourth-order valence-electron chi connectivity index (χ4n) is 1.57. The maximum Gasteiger partial charge on any atom is 0.251 e. The number of anilines is 1. The standard InChI is InChI=1S/C14H12Cl2N2O/c15-11-4-1-9(2-5-11)8-18-14(19)10-3-6-12(16)13(17)7-10/h1-7H,8,17H2,(H,18,19). The molecular formula is C14H12Cl2N2O. The first-order valence-corrected chi connectivity index (χ1v) is 6.39. The summed E-state index contributed by atoms with van der Waals surface area (Å²) in [4.78, 5) is 11.9. The number of carbonyl (C=O) groups excluding carboxylic acids is 1. The highest BCUT2D eigenvalue weighted by molar-refractivity contribution is 6.33. The third kappa shape index (κ3) is 3.63. The van der Waals surface area contributed by atoms with E-state index in [-0.39, 0.29) is 5.91 Å². The molecule has 2 aromatic rings. The van der Waals surface area contributed by atoms with Crippen LogP contribution in [0.5, 0.6) is 0 Å². The van der Waals surface area contributed by atoms with Crippen LogP contribution in [-0.2, 0) is 6.54 Å². The smallest absolute Gasteiger partial charge is 0.251 e. The molecule has 0 saturated carbocycles. The summed E-state index contributed by atoms with van der Waals surface area (Å²) in [5.74, 6) is -0.196. The average Bonchev–Trinajstić information content (AvgIpc) is 2.41. The number of nitrogens with two attached hydrogens (primary N) is 1. The number of hydrogen-bond acceptors (Lipinski definition) is 2. The fourth-order valence-corrected chi connectivity index (χ4v) is 1.82. The van der Waals surface area contributed by atoms with Gasteiger partial charge in [-0.05, 0) is 35.9 Å². The normalized spacial score (nSPS) is 10.2. The third-order valence-corrected chi connectivity index (χ3v) is 3.22. The monoisotopic (exact) mass is 294 g/mol. The van der Waals surface area contributed by atoms with Crippen molar-refractivity contribution in [3.8, 4) is 0 Å². The summed E-state index contributed by atoms with van der Waals surface area (Å²) in [5, 5.41) is 3.91. The van der Waals surface area contributed by atoms with Crippen LogP contribution in [0.15, 0.2) is 42.5 Å². The van der Waals surface area contributed by atoms with E-state index in [9.17, 15) is 4.79 Å². The van der Waals surface area contributed by atoms with Gasteiger partial charge in [0.2, 0.25) is 0 Å². The zero-order chi connectivity index (χ0) is 13.8. The lowest BCUT2D eigenvalue weighted by molar-refractivity contribution is 0.0951. The van der Waals surface area contributed by atoms with Crippen LogP contribution in [0.1, 0.15) is 15.9 Å². The van der Waals surface area contributed by atoms with Crippen molar-refractivity contribution in [1.82, 2.24) is 5.32 Å². The van der Waals surface area contributed by atoms with Crippen molar-refractivity contribution in [1.29, 1.82) is 0 Å². The van der Waals surface area contributed by atoms with Crippen LogP contribution >= 0.6 is 23.2 Å². The van der Waals surface area contributed by atoms with Crippen molar-refractivity contribution >= 4 is 34.8 Å². The number of hydrogen-bond donors (Lipinski definition) is 2. The Balaban J connectivity index is 2.01. The Labute approximate surface area is 121 Å². The van der Waals surface area contributed by atoms with Crippen LogP contribution in [0.2, 0.25) is 10.0 Å². The van der Waals surface area contributed by atoms with Crippen LogP contribution in [-0.4, -0.2) is 5.91 Å². The molecule has 0 spiro atoms. The van der Waals surface area contributed by atoms with Gasteiger partial charge in [-0.2, -0.15) is 0 Å². The van der Waals surface area contributed by atoms with Crippen LogP contribution in [0.3, 0.4) is 0 Å². The Morgan fingerprint density at radius 1 is 1.11 bits per heavy atom. The minimum absolute atomic E-state index is 0.196. The van der Waals surface area contributed by atoms with E-state index in [0.29, 0.717) is 27.8 Å². The lowest BCUT2D eigenvalue weighted by Crippen LogP contribution is -2.22. The number of halogens is 2. The van der Waals surface area contributed by atoms with Crippen LogP contribution in [0.4, 0.5) is 5.69 Å². The quantitative estimate of drug-likeness (QED) is 0.851. The van der Waals surface area contributed by atoms with E-state index in [2.05, 4.69) is 5.32 Å². The maximum absolute atomic E-state index is 11.9. The van der Waals surface area contributed by atoms with Crippen molar-refractivity contribution in [2.75, 3.05) is 5.73 Å². The molecule has 0 radical (unpaired) electrons. The predicted molar refractivity (Wildman–Crippen MR) is 78.5 cm³/mol. The molecule has 0 aliphatic rings. The zero-order valence-corrected chi connectivity index (χ0v) is 11.5. The SMILES string of the molecule is Nc1cc(C(=O)NCc2ccc(Cl)cc2)ccc1Cl. The van der Waals surface area contributed by atoms with Gasteiger partial charge in [-0.25, -0.2) is 0 Å². The van der Waals surface area contributed by atoms with Gasteiger partial charge >= 0.3 is 0 Å². The van der Waals surface area contributed by atoms with E-state index in [0.717, 1.165) is 5.56 Å². The van der Waals surface area contributed by atoms with Gasteiger partial charge in [0.25, 0.3) is 5.91 Å². The minimum Gasteiger partial charge on any atom is -0.398 e. The highest BCUT2D eigenvalue weighted by Gasteiger charge is 2.07. The molecule has 0 saturated heterocycles. The van der Waals surface area contributed by atoms with Crippen LogP contribution in [0.25, 0.3) is 0 Å². The molecule has 19 heavy (non-hydrogen) atoms. The molecule has 0 atom stereocenters. The zero-order valence-electron chi connectivity index (χ0n) is 9.99. The highest BCUT2D eigenvalue weighted by Crippen LogP contribution is 2.19. The summed E-state index contributed by atoms with van der Waals surface area (Å²) >= 11 is 11.6. The van der Waals surface area contributed by atoms with Gasteiger partial charge in [-0.1, -0.05) is 35.3 Å². The van der Waals surface area contributed by atoms with Crippen molar-refractivity contribution in [3.05, 3.63) is 63.6 Å². The molecule has 3 nitrogen and oxygen atoms in total. The molecule has 2 aromatic carbocycles. The van der Waals surface area contributed by atoms with Gasteiger partial charge in [-0.3, -0.25) is 4.79 Å². The second kappa shape index (κ2) is 5.95. The van der Waals surface area contributed by atoms with E-state index in [1.807, 2.05) is 12.1 Å². The molecule has 0 heterocycles. The average molecular weight is 295 g/mol. The van der Waals surface area contributed by atoms with E-state index in [1.54, 1.807) is 30.3 Å². The van der Waals surface area contributed by atoms with E-state index >= 15 is 0 Å². The molecule has 0 aromatic heterocycles. The summed E-state index contributed by atoms with van der Waals surface area (Å²) in [6.45, 7) is 0.429. The Morgan fingerprint density at radius 3 is 2.42 bits per heavy atom. The Morgan fingerprint density at radius 2 is 1.79 bits per heavy atom. The molecule has 0 fully saturated rings. The van der Waals surface area contributed by atoms with E-state index in [4.69, 9.17) is 28.9 Å². The minimum atomic E-state index is -0.196. The molecule has 0 aliphatic carbocycles. The first-order valence-electron chi connectivity index (χ1n) is 5.64. The van der Waals surface area contributed by atoms with Gasteiger partial charge in [0.05, 0.1) is 10.7 Å². The Kier molecular flexibility index (Phi) is 4.30. The van der Waals surface area contributed by atoms with Crippen LogP contribution < -0.4 is 11.1 Å². The summed E-state index contributed by atoms with van der Waals surface area (Å²) < 4.78 is 0. The summed E-state index contributed by atoms with van der Waals surface area (Å²) in [6.07, 6.45) is 0. The topological polar surface area (TPSA) is 55.1 Å². The highest BCUT2D eigenvalue weighted by atomic mass is 35.5. The van der Waals surface area contributed by atoms with E-state index in [1.165, 1.54) is 0 Å². The lowest BCUT2D eigenvalue weighted by Gasteiger charge is -2.07. The molecule has 2 rings (SSSR count). The number of amides is 1. The summed E-state index contributed by atoms with van der Waals surface area (Å²) in [6, 6.07) is 12.1. The third-order valence-electron chi connectivity index (χ3n) is 2.62. The largest absolute Gasteiger partial charge is 0.398 e. The molecule has 0 aliphatic heterocycles. The molecule has 5 heteroatoms. The predicted octanol–water partition coefficient (Wildman–Crippen LogP) is 3.51. The molecule has 0 unspecified atom stereocenters. The first-order chi connectivity index (χ1) is 9.06. The molecule has 98 valence electrons. The Hall–Kier alpha value is -1.71. The number of benzene rings is 2. The van der Waals surface area contributed by atoms with Gasteiger partial charge in [0.15, 0.2) is 0 Å². The molecule has 3 N–H and O–H groups in total. The van der Waals surface area contributed by atoms with Crippen molar-refractivity contribution in [3.63, 3.8) is 0 Å². The Bertz CT molecular complexity index is 597. The lowest BCUT2D eigenvalue weighted by atomic mass is 10.1. The van der Waals surface area contributed by atoms with Crippen molar-refractivity contribution < 1.29 is 4.79 Å². The maximum atomic E-state index is 11.9. The second-order valence-electron chi connectivity index (χ2n) is 4.05. The molecule has 0 bridgehead atoms. The van der Waals surface area contributed by atoms with Crippen molar-refractivity contribution in [2.24, 2.45) is 0 Å². The second-order valence-corrected chi connectivity index (χ2v) is 4.89. The fraction of sp³-hybridized carbons (Fsp3) is 0.0714. The summed E-state index contributed by atoms with van der Waals surface area (Å²) in [7, 11) is 0. The van der Waals surface area contributed by atoms with Gasteiger partial charge < -0.3 is 11.1 Å². The van der Waals surface area contributed by atoms with Crippen molar-refractivity contribution in [2.45, 2.75) is 6.54 Å². The first kappa shape index (κ1) is 13.7. The van der Waals surface area contributed by atoms with Crippen LogP contribution in [0, 0.1) is 0 Å². The van der Waals surface area contributed by atoms with E-state index < -0.39 is 0 Å². The molecule has 1 amide bonds. The number of nitrogens with one attached hydrogen (secondary N) is 1. The number of rotatable bonds is 3. The van der Waals surface area contributed by atoms with Gasteiger partial charge in [0.1, 0.15) is 0 Å².